The summed E-state index contributed by atoms with van der Waals surface area (Å²) in [6, 6.07) is 6.06. The Bertz CT molecular complexity index is 956. The Morgan fingerprint density at radius 3 is 2.30 bits per heavy atom. The Morgan fingerprint density at radius 1 is 1.03 bits per heavy atom. The molecule has 3 heterocycles. The van der Waals surface area contributed by atoms with Gasteiger partial charge >= 0.3 is 12.4 Å². The molecule has 2 aliphatic heterocycles. The number of nitrogens with zero attached hydrogens (tertiary/aromatic N) is 2. The molecule has 0 aliphatic carbocycles. The zero-order valence-corrected chi connectivity index (χ0v) is 18.0. The van der Waals surface area contributed by atoms with Crippen LogP contribution in [0.1, 0.15) is 48.8 Å². The van der Waals surface area contributed by atoms with Gasteiger partial charge in [-0.1, -0.05) is 12.1 Å². The third-order valence-corrected chi connectivity index (χ3v) is 6.19. The molecule has 0 amide bonds. The molecule has 33 heavy (non-hydrogen) atoms. The zero-order valence-electron chi connectivity index (χ0n) is 18.0. The number of anilines is 1. The van der Waals surface area contributed by atoms with Gasteiger partial charge in [0.1, 0.15) is 23.7 Å². The van der Waals surface area contributed by atoms with E-state index in [0.29, 0.717) is 19.5 Å². The van der Waals surface area contributed by atoms with E-state index in [1.807, 2.05) is 6.92 Å². The molecule has 4 rings (SSSR count). The van der Waals surface area contributed by atoms with Crippen LogP contribution in [-0.2, 0) is 12.4 Å². The molecule has 3 unspecified atom stereocenters. The maximum absolute atomic E-state index is 13.5. The molecule has 0 spiro atoms. The Labute approximate surface area is 187 Å². The molecule has 1 aromatic carbocycles. The number of benzene rings is 1. The first-order valence-corrected chi connectivity index (χ1v) is 10.9. The Morgan fingerprint density at radius 2 is 1.73 bits per heavy atom. The largest absolute Gasteiger partial charge is 0.490 e. The first kappa shape index (κ1) is 23.7. The SMILES string of the molecule is CC1CC(c2ccc(C(F)(F)F)cc2)CC(COc2cnc(N3CCC3)c(C(F)(F)F)c2)N1. The highest BCUT2D eigenvalue weighted by Crippen LogP contribution is 2.39. The van der Waals surface area contributed by atoms with Gasteiger partial charge in [-0.05, 0) is 55.9 Å². The van der Waals surface area contributed by atoms with Crippen molar-refractivity contribution in [3.63, 3.8) is 0 Å². The molecule has 1 aromatic heterocycles. The average Bonchev–Trinajstić information content (AvgIpc) is 2.70. The number of hydrogen-bond acceptors (Lipinski definition) is 4. The third kappa shape index (κ3) is 5.54. The summed E-state index contributed by atoms with van der Waals surface area (Å²) in [5.74, 6) is -0.0135. The Balaban J connectivity index is 1.43. The van der Waals surface area contributed by atoms with Crippen LogP contribution < -0.4 is 15.0 Å². The summed E-state index contributed by atoms with van der Waals surface area (Å²) >= 11 is 0. The number of rotatable bonds is 5. The average molecular weight is 473 g/mol. The van der Waals surface area contributed by atoms with Crippen LogP contribution in [0.3, 0.4) is 0 Å². The van der Waals surface area contributed by atoms with E-state index >= 15 is 0 Å². The minimum Gasteiger partial charge on any atom is -0.490 e. The van der Waals surface area contributed by atoms with Gasteiger partial charge < -0.3 is 15.0 Å². The lowest BCUT2D eigenvalue weighted by atomic mass is 9.83. The van der Waals surface area contributed by atoms with Crippen molar-refractivity contribution in [3.8, 4) is 5.75 Å². The van der Waals surface area contributed by atoms with Crippen LogP contribution in [0.4, 0.5) is 32.2 Å². The monoisotopic (exact) mass is 473 g/mol. The van der Waals surface area contributed by atoms with Crippen molar-refractivity contribution in [1.82, 2.24) is 10.3 Å². The molecular weight excluding hydrogens is 448 g/mol. The van der Waals surface area contributed by atoms with Crippen LogP contribution >= 0.6 is 0 Å². The van der Waals surface area contributed by atoms with Gasteiger partial charge in [0.15, 0.2) is 0 Å². The summed E-state index contributed by atoms with van der Waals surface area (Å²) in [6.07, 6.45) is -5.44. The normalized spacial score (nSPS) is 23.8. The standard InChI is InChI=1S/C23H25F6N3O/c1-14-9-16(15-3-5-17(6-4-15)22(24,25)26)10-18(31-14)13-33-19-11-20(23(27,28)29)21(30-12-19)32-7-2-8-32/h3-6,11-12,14,16,18,31H,2,7-10,13H2,1H3. The van der Waals surface area contributed by atoms with Gasteiger partial charge in [-0.25, -0.2) is 4.98 Å². The van der Waals surface area contributed by atoms with E-state index < -0.39 is 23.5 Å². The molecule has 2 saturated heterocycles. The van der Waals surface area contributed by atoms with Crippen molar-refractivity contribution in [1.29, 1.82) is 0 Å². The Kier molecular flexibility index (Phi) is 6.48. The highest BCUT2D eigenvalue weighted by Gasteiger charge is 2.38. The second kappa shape index (κ2) is 9.04. The fourth-order valence-corrected chi connectivity index (χ4v) is 4.44. The first-order valence-electron chi connectivity index (χ1n) is 10.9. The summed E-state index contributed by atoms with van der Waals surface area (Å²) in [7, 11) is 0. The number of nitrogens with one attached hydrogen (secondary N) is 1. The van der Waals surface area contributed by atoms with E-state index in [-0.39, 0.29) is 36.2 Å². The smallest absolute Gasteiger partial charge is 0.420 e. The van der Waals surface area contributed by atoms with Crippen molar-refractivity contribution in [2.75, 3.05) is 24.6 Å². The summed E-state index contributed by atoms with van der Waals surface area (Å²) in [5.41, 5.74) is -0.698. The third-order valence-electron chi connectivity index (χ3n) is 6.19. The molecule has 180 valence electrons. The number of halogens is 6. The van der Waals surface area contributed by atoms with Crippen molar-refractivity contribution in [2.45, 2.75) is 56.5 Å². The van der Waals surface area contributed by atoms with Crippen LogP contribution in [0.25, 0.3) is 0 Å². The van der Waals surface area contributed by atoms with Gasteiger partial charge in [0.05, 0.1) is 11.8 Å². The van der Waals surface area contributed by atoms with Crippen LogP contribution in [0.5, 0.6) is 5.75 Å². The first-order chi connectivity index (χ1) is 15.5. The molecule has 2 aromatic rings. The fraction of sp³-hybridized carbons (Fsp3) is 0.522. The summed E-state index contributed by atoms with van der Waals surface area (Å²) in [5, 5.41) is 3.36. The topological polar surface area (TPSA) is 37.4 Å². The van der Waals surface area contributed by atoms with E-state index in [0.717, 1.165) is 36.6 Å². The van der Waals surface area contributed by atoms with Crippen LogP contribution in [-0.4, -0.2) is 36.8 Å². The number of pyridine rings is 1. The summed E-state index contributed by atoms with van der Waals surface area (Å²) < 4.78 is 84.8. The van der Waals surface area contributed by atoms with Gasteiger partial charge in [0.2, 0.25) is 0 Å². The predicted molar refractivity (Wildman–Crippen MR) is 111 cm³/mol. The quantitative estimate of drug-likeness (QED) is 0.571. The highest BCUT2D eigenvalue weighted by atomic mass is 19.4. The molecule has 2 fully saturated rings. The van der Waals surface area contributed by atoms with Crippen LogP contribution in [0.15, 0.2) is 36.5 Å². The summed E-state index contributed by atoms with van der Waals surface area (Å²) in [4.78, 5) is 5.59. The van der Waals surface area contributed by atoms with Crippen molar-refractivity contribution < 1.29 is 31.1 Å². The van der Waals surface area contributed by atoms with Gasteiger partial charge in [0, 0.05) is 25.2 Å². The van der Waals surface area contributed by atoms with E-state index in [4.69, 9.17) is 4.74 Å². The fourth-order valence-electron chi connectivity index (χ4n) is 4.44. The number of alkyl halides is 6. The van der Waals surface area contributed by atoms with Crippen LogP contribution in [0.2, 0.25) is 0 Å². The molecule has 3 atom stereocenters. The zero-order chi connectivity index (χ0) is 23.8. The maximum atomic E-state index is 13.5. The Hall–Kier alpha value is -2.49. The van der Waals surface area contributed by atoms with Crippen LogP contribution in [0, 0.1) is 0 Å². The lowest BCUT2D eigenvalue weighted by molar-refractivity contribution is -0.138. The number of ether oxygens (including phenoxy) is 1. The molecule has 0 radical (unpaired) electrons. The van der Waals surface area contributed by atoms with Gasteiger partial charge in [-0.2, -0.15) is 26.3 Å². The second-order valence-electron chi connectivity index (χ2n) is 8.74. The minimum absolute atomic E-state index is 0.0230. The van der Waals surface area contributed by atoms with Gasteiger partial charge in [-0.3, -0.25) is 0 Å². The minimum atomic E-state index is -4.54. The molecule has 2 aliphatic rings. The lowest BCUT2D eigenvalue weighted by Gasteiger charge is -2.35. The number of hydrogen-bond donors (Lipinski definition) is 1. The molecule has 10 heteroatoms. The number of piperidine rings is 1. The molecule has 0 saturated carbocycles. The van der Waals surface area contributed by atoms with Gasteiger partial charge in [-0.15, -0.1) is 0 Å². The number of aromatic nitrogens is 1. The molecule has 1 N–H and O–H groups in total. The second-order valence-corrected chi connectivity index (χ2v) is 8.74. The highest BCUT2D eigenvalue weighted by molar-refractivity contribution is 5.52. The van der Waals surface area contributed by atoms with Gasteiger partial charge in [0.25, 0.3) is 0 Å². The molecule has 4 nitrogen and oxygen atoms in total. The lowest BCUT2D eigenvalue weighted by Crippen LogP contribution is -2.46. The van der Waals surface area contributed by atoms with Crippen molar-refractivity contribution in [3.05, 3.63) is 53.2 Å². The predicted octanol–water partition coefficient (Wildman–Crippen LogP) is 5.63. The van der Waals surface area contributed by atoms with Crippen molar-refractivity contribution in [2.24, 2.45) is 0 Å². The maximum Gasteiger partial charge on any atom is 0.420 e. The molecular formula is C23H25F6N3O. The van der Waals surface area contributed by atoms with E-state index in [1.165, 1.54) is 18.3 Å². The van der Waals surface area contributed by atoms with Crippen molar-refractivity contribution >= 4 is 5.82 Å². The molecule has 0 bridgehead atoms. The summed E-state index contributed by atoms with van der Waals surface area (Å²) in [6.45, 7) is 3.19. The van der Waals surface area contributed by atoms with E-state index in [9.17, 15) is 26.3 Å². The van der Waals surface area contributed by atoms with E-state index in [1.54, 1.807) is 4.90 Å². The van der Waals surface area contributed by atoms with E-state index in [2.05, 4.69) is 10.3 Å².